The fourth-order valence-corrected chi connectivity index (χ4v) is 7.10. The first-order chi connectivity index (χ1) is 20.7. The highest BCUT2D eigenvalue weighted by Gasteiger charge is 2.28. The first-order valence-corrected chi connectivity index (χ1v) is 17.4. The number of nitrogens with one attached hydrogen (secondary N) is 2. The van der Waals surface area contributed by atoms with E-state index in [0.717, 1.165) is 35.6 Å². The highest BCUT2D eigenvalue weighted by Crippen LogP contribution is 2.37. The summed E-state index contributed by atoms with van der Waals surface area (Å²) in [6, 6.07) is 18.1. The number of amides is 1. The number of aryl methyl sites for hydroxylation is 1. The van der Waals surface area contributed by atoms with Gasteiger partial charge in [-0.2, -0.15) is 0 Å². The molecule has 5 N–H and O–H groups in total. The van der Waals surface area contributed by atoms with Crippen LogP contribution in [-0.4, -0.2) is 56.0 Å². The van der Waals surface area contributed by atoms with E-state index in [4.69, 9.17) is 21.5 Å². The minimum Gasteiger partial charge on any atom is -0.490 e. The molecule has 0 saturated heterocycles. The smallest absolute Gasteiger partial charge is 0.269 e. The number of benzene rings is 3. The summed E-state index contributed by atoms with van der Waals surface area (Å²) < 4.78 is 28.9. The van der Waals surface area contributed by atoms with Crippen LogP contribution in [0.4, 0.5) is 5.69 Å². The fraction of sp³-hybridized carbons (Fsp3) is 0.406. The third kappa shape index (κ3) is 9.12. The van der Waals surface area contributed by atoms with Crippen molar-refractivity contribution in [3.05, 3.63) is 82.4 Å². The Morgan fingerprint density at radius 2 is 1.89 bits per heavy atom. The Labute approximate surface area is 269 Å². The second kappa shape index (κ2) is 14.5. The number of aliphatic hydroxyl groups is 1. The van der Waals surface area contributed by atoms with Gasteiger partial charge in [-0.15, -0.1) is 11.8 Å². The van der Waals surface area contributed by atoms with Crippen molar-refractivity contribution in [2.24, 2.45) is 5.14 Å². The number of nitrogens with two attached hydrogens (primary N) is 1. The summed E-state index contributed by atoms with van der Waals surface area (Å²) in [7, 11) is -4.00. The second-order valence-electron chi connectivity index (χ2n) is 12.0. The number of aliphatic hydroxyl groups excluding tert-OH is 1. The van der Waals surface area contributed by atoms with Crippen LogP contribution in [0, 0.1) is 0 Å². The van der Waals surface area contributed by atoms with Gasteiger partial charge in [0.15, 0.2) is 0 Å². The Bertz CT molecular complexity index is 1580. The SMILES string of the molecule is CC(C)(C)NCC(O)COc1cccc2c1SCCC2.CC1Cc2ccccc2N1NC(=O)c1ccc(Cl)c(S(N)(=O)=O)c1. The van der Waals surface area contributed by atoms with Crippen LogP contribution in [0.5, 0.6) is 5.75 Å². The zero-order chi connectivity index (χ0) is 32.1. The number of carbonyl (C=O) groups is 1. The van der Waals surface area contributed by atoms with E-state index >= 15 is 0 Å². The second-order valence-corrected chi connectivity index (χ2v) is 15.0. The molecule has 0 saturated carbocycles. The average molecular weight is 661 g/mol. The van der Waals surface area contributed by atoms with Crippen LogP contribution < -0.4 is 25.6 Å². The molecule has 2 aliphatic rings. The summed E-state index contributed by atoms with van der Waals surface area (Å²) in [4.78, 5) is 13.5. The van der Waals surface area contributed by atoms with Gasteiger partial charge in [-0.05, 0) is 94.2 Å². The van der Waals surface area contributed by atoms with Crippen molar-refractivity contribution in [2.75, 3.05) is 23.9 Å². The molecule has 0 aliphatic carbocycles. The van der Waals surface area contributed by atoms with Gasteiger partial charge >= 0.3 is 0 Å². The lowest BCUT2D eigenvalue weighted by atomic mass is 10.1. The Morgan fingerprint density at radius 1 is 1.16 bits per heavy atom. The van der Waals surface area contributed by atoms with Crippen molar-refractivity contribution in [2.45, 2.75) is 74.4 Å². The van der Waals surface area contributed by atoms with Crippen LogP contribution in [0.1, 0.15) is 55.6 Å². The fourth-order valence-electron chi connectivity index (χ4n) is 4.91. The molecule has 1 amide bonds. The van der Waals surface area contributed by atoms with E-state index in [1.807, 2.05) is 55.1 Å². The number of sulfonamides is 1. The highest BCUT2D eigenvalue weighted by molar-refractivity contribution is 7.99. The minimum absolute atomic E-state index is 0.0166. The van der Waals surface area contributed by atoms with E-state index in [1.54, 1.807) is 5.01 Å². The number of carbonyl (C=O) groups excluding carboxylic acids is 1. The molecule has 2 aliphatic heterocycles. The Morgan fingerprint density at radius 3 is 2.61 bits per heavy atom. The minimum atomic E-state index is -4.00. The number of para-hydroxylation sites is 1. The first-order valence-electron chi connectivity index (χ1n) is 14.5. The van der Waals surface area contributed by atoms with Crippen LogP contribution in [-0.2, 0) is 22.9 Å². The molecule has 2 heterocycles. The average Bonchev–Trinajstić information content (AvgIpc) is 3.29. The summed E-state index contributed by atoms with van der Waals surface area (Å²) in [6.07, 6.45) is 2.70. The Hall–Kier alpha value is -2.80. The summed E-state index contributed by atoms with van der Waals surface area (Å²) in [5, 5.41) is 20.2. The predicted octanol–water partition coefficient (Wildman–Crippen LogP) is 4.94. The number of ether oxygens (including phenoxy) is 1. The monoisotopic (exact) mass is 660 g/mol. The van der Waals surface area contributed by atoms with E-state index in [-0.39, 0.29) is 27.1 Å². The molecule has 5 rings (SSSR count). The van der Waals surface area contributed by atoms with Gasteiger partial charge in [-0.3, -0.25) is 15.2 Å². The molecule has 0 bridgehead atoms. The number of anilines is 1. The molecule has 0 spiro atoms. The van der Waals surface area contributed by atoms with E-state index in [2.05, 4.69) is 37.6 Å². The third-order valence-corrected chi connectivity index (χ3v) is 9.76. The van der Waals surface area contributed by atoms with Gasteiger partial charge in [0.2, 0.25) is 10.0 Å². The van der Waals surface area contributed by atoms with Crippen LogP contribution in [0.25, 0.3) is 0 Å². The largest absolute Gasteiger partial charge is 0.490 e. The molecule has 9 nitrogen and oxygen atoms in total. The molecule has 238 valence electrons. The van der Waals surface area contributed by atoms with Crippen molar-refractivity contribution in [1.29, 1.82) is 0 Å². The molecule has 3 aromatic rings. The van der Waals surface area contributed by atoms with Crippen LogP contribution in [0.3, 0.4) is 0 Å². The van der Waals surface area contributed by atoms with Crippen LogP contribution in [0.2, 0.25) is 5.02 Å². The van der Waals surface area contributed by atoms with E-state index in [1.165, 1.54) is 35.1 Å². The van der Waals surface area contributed by atoms with Gasteiger partial charge in [-0.25, -0.2) is 13.6 Å². The lowest BCUT2D eigenvalue weighted by Gasteiger charge is -2.25. The van der Waals surface area contributed by atoms with Crippen molar-refractivity contribution in [3.63, 3.8) is 0 Å². The standard InChI is InChI=1S/C16H16ClN3O3S.C16H25NO2S/c1-10-8-11-4-2-3-5-14(11)20(10)19-16(21)12-6-7-13(17)15(9-12)24(18,22)23;1-16(2,3)17-10-13(18)11-19-14-8-4-6-12-7-5-9-20-15(12)14/h2-7,9-10H,8H2,1H3,(H,19,21)(H2,18,22,23);4,6,8,13,17-18H,5,7,9-11H2,1-3H3. The zero-order valence-electron chi connectivity index (χ0n) is 25.5. The van der Waals surface area contributed by atoms with Crippen molar-refractivity contribution >= 4 is 45.0 Å². The number of thioether (sulfide) groups is 1. The van der Waals surface area contributed by atoms with Gasteiger partial charge in [0.05, 0.1) is 21.6 Å². The maximum atomic E-state index is 12.5. The molecule has 0 fully saturated rings. The van der Waals surface area contributed by atoms with Gasteiger partial charge in [-0.1, -0.05) is 41.9 Å². The van der Waals surface area contributed by atoms with Crippen molar-refractivity contribution in [1.82, 2.24) is 10.7 Å². The quantitative estimate of drug-likeness (QED) is 0.267. The number of hydrazine groups is 1. The van der Waals surface area contributed by atoms with Crippen LogP contribution >= 0.6 is 23.4 Å². The summed E-state index contributed by atoms with van der Waals surface area (Å²) >= 11 is 7.71. The number of β-amino-alcohol motifs (C(OH)–C–C–N with tert-alkyl or cyclic N) is 1. The lowest BCUT2D eigenvalue weighted by Crippen LogP contribution is -2.45. The maximum absolute atomic E-state index is 12.5. The Kier molecular flexibility index (Phi) is 11.3. The molecular formula is C32H41ClN4O5S2. The molecule has 2 unspecified atom stereocenters. The van der Waals surface area contributed by atoms with E-state index in [9.17, 15) is 18.3 Å². The number of hydrogen-bond donors (Lipinski definition) is 4. The van der Waals surface area contributed by atoms with Gasteiger partial charge in [0.1, 0.15) is 23.4 Å². The molecule has 0 aromatic heterocycles. The zero-order valence-corrected chi connectivity index (χ0v) is 27.9. The molecule has 44 heavy (non-hydrogen) atoms. The van der Waals surface area contributed by atoms with Crippen molar-refractivity contribution < 1.29 is 23.1 Å². The predicted molar refractivity (Wildman–Crippen MR) is 177 cm³/mol. The number of hydrogen-bond acceptors (Lipinski definition) is 8. The van der Waals surface area contributed by atoms with Crippen molar-refractivity contribution in [3.8, 4) is 5.75 Å². The topological polar surface area (TPSA) is 134 Å². The number of rotatable bonds is 8. The molecule has 2 atom stereocenters. The molecular weight excluding hydrogens is 620 g/mol. The Balaban J connectivity index is 0.000000204. The van der Waals surface area contributed by atoms with Gasteiger partial charge < -0.3 is 15.2 Å². The van der Waals surface area contributed by atoms with E-state index < -0.39 is 22.0 Å². The molecule has 0 radical (unpaired) electrons. The van der Waals surface area contributed by atoms with Crippen LogP contribution in [0.15, 0.2) is 70.5 Å². The summed E-state index contributed by atoms with van der Waals surface area (Å²) in [5.74, 6) is 1.64. The summed E-state index contributed by atoms with van der Waals surface area (Å²) in [6.45, 7) is 9.14. The molecule has 12 heteroatoms. The number of fused-ring (bicyclic) bond motifs is 2. The summed E-state index contributed by atoms with van der Waals surface area (Å²) in [5.41, 5.74) is 6.45. The van der Waals surface area contributed by atoms with Gasteiger partial charge in [0, 0.05) is 17.6 Å². The third-order valence-electron chi connectivity index (χ3n) is 7.13. The normalized spacial score (nSPS) is 16.7. The maximum Gasteiger partial charge on any atom is 0.269 e. The van der Waals surface area contributed by atoms with Gasteiger partial charge in [0.25, 0.3) is 5.91 Å². The highest BCUT2D eigenvalue weighted by atomic mass is 35.5. The molecule has 3 aromatic carbocycles. The van der Waals surface area contributed by atoms with E-state index in [0.29, 0.717) is 13.2 Å². The lowest BCUT2D eigenvalue weighted by molar-refractivity contribution is 0.0946. The first kappa shape index (κ1) is 34.1. The number of halogens is 1. The number of primary sulfonamides is 1. The number of nitrogens with zero attached hydrogens (tertiary/aromatic N) is 1.